The normalized spacial score (nSPS) is 10.3. The van der Waals surface area contributed by atoms with Gasteiger partial charge in [-0.2, -0.15) is 0 Å². The van der Waals surface area contributed by atoms with E-state index in [0.717, 1.165) is 21.3 Å². The molecule has 0 fully saturated rings. The predicted octanol–water partition coefficient (Wildman–Crippen LogP) is 3.72. The first kappa shape index (κ1) is 11.5. The lowest BCUT2D eigenvalue weighted by Crippen LogP contribution is -1.99. The summed E-state index contributed by atoms with van der Waals surface area (Å²) in [6, 6.07) is 5.78. The first-order valence-electron chi connectivity index (χ1n) is 4.92. The van der Waals surface area contributed by atoms with Gasteiger partial charge >= 0.3 is 0 Å². The smallest absolute Gasteiger partial charge is 0.174 e. The molecule has 0 aromatic carbocycles. The van der Waals surface area contributed by atoms with Crippen LogP contribution in [0.3, 0.4) is 0 Å². The van der Waals surface area contributed by atoms with E-state index in [4.69, 9.17) is 0 Å². The molecule has 2 nitrogen and oxygen atoms in total. The van der Waals surface area contributed by atoms with Crippen LogP contribution in [0.4, 0.5) is 0 Å². The van der Waals surface area contributed by atoms with Crippen LogP contribution in [0.1, 0.15) is 21.7 Å². The molecule has 0 amide bonds. The summed E-state index contributed by atoms with van der Waals surface area (Å²) in [5, 5.41) is 1.92. The Bertz CT molecular complexity index is 481. The molecule has 0 spiro atoms. The predicted molar refractivity (Wildman–Crippen MR) is 68.9 cm³/mol. The molecule has 2 heterocycles. The van der Waals surface area contributed by atoms with Gasteiger partial charge < -0.3 is 0 Å². The highest BCUT2D eigenvalue weighted by Crippen LogP contribution is 2.24. The molecule has 2 aromatic heterocycles. The maximum atomic E-state index is 11.9. The highest BCUT2D eigenvalue weighted by Gasteiger charge is 2.11. The van der Waals surface area contributed by atoms with E-state index in [-0.39, 0.29) is 5.78 Å². The van der Waals surface area contributed by atoms with Crippen LogP contribution >= 0.6 is 27.3 Å². The van der Waals surface area contributed by atoms with Crippen LogP contribution in [-0.2, 0) is 6.42 Å². The first-order chi connectivity index (χ1) is 7.77. The van der Waals surface area contributed by atoms with Gasteiger partial charge in [-0.3, -0.25) is 9.78 Å². The van der Waals surface area contributed by atoms with Crippen LogP contribution in [0, 0.1) is 0 Å². The minimum Gasteiger partial charge on any atom is -0.293 e. The Kier molecular flexibility index (Phi) is 3.85. The third-order valence-electron chi connectivity index (χ3n) is 2.23. The number of aromatic nitrogens is 1. The van der Waals surface area contributed by atoms with Crippen LogP contribution in [0.2, 0.25) is 0 Å². The van der Waals surface area contributed by atoms with Gasteiger partial charge in [0, 0.05) is 23.3 Å². The van der Waals surface area contributed by atoms with Crippen molar-refractivity contribution in [1.82, 2.24) is 4.98 Å². The molecule has 0 radical (unpaired) electrons. The SMILES string of the molecule is O=C(CCc1cccnc1)c1sccc1Br. The molecule has 16 heavy (non-hydrogen) atoms. The van der Waals surface area contributed by atoms with E-state index in [9.17, 15) is 4.79 Å². The van der Waals surface area contributed by atoms with Crippen molar-refractivity contribution in [2.24, 2.45) is 0 Å². The fourth-order valence-corrected chi connectivity index (χ4v) is 2.97. The van der Waals surface area contributed by atoms with Gasteiger partial charge in [0.25, 0.3) is 0 Å². The van der Waals surface area contributed by atoms with Crippen molar-refractivity contribution in [3.05, 3.63) is 50.9 Å². The monoisotopic (exact) mass is 295 g/mol. The third-order valence-corrected chi connectivity index (χ3v) is 4.11. The second-order valence-corrected chi connectivity index (χ2v) is 5.15. The number of halogens is 1. The van der Waals surface area contributed by atoms with Crippen LogP contribution in [-0.4, -0.2) is 10.8 Å². The molecule has 0 bridgehead atoms. The summed E-state index contributed by atoms with van der Waals surface area (Å²) in [5.74, 6) is 0.186. The zero-order valence-corrected chi connectivity index (χ0v) is 10.9. The molecule has 0 atom stereocenters. The Morgan fingerprint density at radius 2 is 2.31 bits per heavy atom. The number of hydrogen-bond donors (Lipinski definition) is 0. The van der Waals surface area contributed by atoms with E-state index in [2.05, 4.69) is 20.9 Å². The average molecular weight is 296 g/mol. The summed E-state index contributed by atoms with van der Waals surface area (Å²) >= 11 is 4.85. The number of Topliss-reactive ketones (excluding diaryl/α,β-unsaturated/α-hetero) is 1. The standard InChI is InChI=1S/C12H10BrNOS/c13-10-5-7-16-12(10)11(15)4-3-9-2-1-6-14-8-9/h1-2,5-8H,3-4H2. The summed E-state index contributed by atoms with van der Waals surface area (Å²) in [4.78, 5) is 16.7. The molecule has 82 valence electrons. The highest BCUT2D eigenvalue weighted by atomic mass is 79.9. The van der Waals surface area contributed by atoms with Crippen molar-refractivity contribution in [3.63, 3.8) is 0 Å². The molecule has 0 unspecified atom stereocenters. The molecule has 0 aliphatic rings. The zero-order chi connectivity index (χ0) is 11.4. The maximum absolute atomic E-state index is 11.9. The number of nitrogens with zero attached hydrogens (tertiary/aromatic N) is 1. The molecule has 0 saturated heterocycles. The fraction of sp³-hybridized carbons (Fsp3) is 0.167. The second-order valence-electron chi connectivity index (χ2n) is 3.38. The molecule has 0 saturated carbocycles. The van der Waals surface area contributed by atoms with Crippen molar-refractivity contribution < 1.29 is 4.79 Å². The van der Waals surface area contributed by atoms with Crippen LogP contribution in [0.25, 0.3) is 0 Å². The van der Waals surface area contributed by atoms with E-state index in [1.165, 1.54) is 11.3 Å². The van der Waals surface area contributed by atoms with Gasteiger partial charge in [-0.1, -0.05) is 6.07 Å². The molecule has 0 N–H and O–H groups in total. The van der Waals surface area contributed by atoms with Crippen LogP contribution in [0.5, 0.6) is 0 Å². The minimum atomic E-state index is 0.186. The molecule has 2 rings (SSSR count). The highest BCUT2D eigenvalue weighted by molar-refractivity contribution is 9.10. The number of rotatable bonds is 4. The number of thiophene rings is 1. The summed E-state index contributed by atoms with van der Waals surface area (Å²) in [7, 11) is 0. The van der Waals surface area contributed by atoms with Gasteiger partial charge in [0.2, 0.25) is 0 Å². The van der Waals surface area contributed by atoms with Crippen LogP contribution in [0.15, 0.2) is 40.4 Å². The van der Waals surface area contributed by atoms with Crippen molar-refractivity contribution in [1.29, 1.82) is 0 Å². The Morgan fingerprint density at radius 1 is 1.44 bits per heavy atom. The van der Waals surface area contributed by atoms with Crippen molar-refractivity contribution in [2.45, 2.75) is 12.8 Å². The lowest BCUT2D eigenvalue weighted by molar-refractivity contribution is 0.0986. The van der Waals surface area contributed by atoms with E-state index >= 15 is 0 Å². The van der Waals surface area contributed by atoms with Gasteiger partial charge in [-0.15, -0.1) is 11.3 Å². The number of pyridine rings is 1. The summed E-state index contributed by atoms with van der Waals surface area (Å²) in [6.45, 7) is 0. The zero-order valence-electron chi connectivity index (χ0n) is 8.52. The van der Waals surface area contributed by atoms with Gasteiger partial charge in [-0.25, -0.2) is 0 Å². The summed E-state index contributed by atoms with van der Waals surface area (Å²) in [6.07, 6.45) is 4.82. The number of ketones is 1. The van der Waals surface area contributed by atoms with E-state index in [1.807, 2.05) is 23.6 Å². The third kappa shape index (κ3) is 2.77. The Labute approximate surface area is 106 Å². The van der Waals surface area contributed by atoms with Crippen molar-refractivity contribution >= 4 is 33.0 Å². The van der Waals surface area contributed by atoms with Gasteiger partial charge in [0.1, 0.15) is 0 Å². The largest absolute Gasteiger partial charge is 0.293 e. The number of carbonyl (C=O) groups is 1. The average Bonchev–Trinajstić information content (AvgIpc) is 2.74. The van der Waals surface area contributed by atoms with Gasteiger partial charge in [0.15, 0.2) is 5.78 Å². The van der Waals surface area contributed by atoms with Crippen molar-refractivity contribution in [2.75, 3.05) is 0 Å². The molecule has 0 aliphatic heterocycles. The van der Waals surface area contributed by atoms with E-state index in [1.54, 1.807) is 12.4 Å². The number of carbonyl (C=O) groups excluding carboxylic acids is 1. The molecular weight excluding hydrogens is 286 g/mol. The molecule has 4 heteroatoms. The summed E-state index contributed by atoms with van der Waals surface area (Å²) in [5.41, 5.74) is 1.10. The van der Waals surface area contributed by atoms with Crippen LogP contribution < -0.4 is 0 Å². The molecule has 2 aromatic rings. The lowest BCUT2D eigenvalue weighted by atomic mass is 10.1. The lowest BCUT2D eigenvalue weighted by Gasteiger charge is -1.99. The van der Waals surface area contributed by atoms with E-state index < -0.39 is 0 Å². The first-order valence-corrected chi connectivity index (χ1v) is 6.60. The van der Waals surface area contributed by atoms with Crippen molar-refractivity contribution in [3.8, 4) is 0 Å². The van der Waals surface area contributed by atoms with Gasteiger partial charge in [0.05, 0.1) is 4.88 Å². The minimum absolute atomic E-state index is 0.186. The topological polar surface area (TPSA) is 30.0 Å². The quantitative estimate of drug-likeness (QED) is 0.805. The second kappa shape index (κ2) is 5.37. The Hall–Kier alpha value is -1.00. The fourth-order valence-electron chi connectivity index (χ4n) is 1.41. The Morgan fingerprint density at radius 3 is 2.94 bits per heavy atom. The summed E-state index contributed by atoms with van der Waals surface area (Å²) < 4.78 is 0.897. The Balaban J connectivity index is 1.97. The maximum Gasteiger partial charge on any atom is 0.174 e. The molecular formula is C12H10BrNOS. The van der Waals surface area contributed by atoms with E-state index in [0.29, 0.717) is 6.42 Å². The number of aryl methyl sites for hydroxylation is 1. The van der Waals surface area contributed by atoms with Gasteiger partial charge in [-0.05, 0) is 45.4 Å². The number of hydrogen-bond acceptors (Lipinski definition) is 3. The molecule has 0 aliphatic carbocycles.